The number of aromatic nitrogens is 4. The minimum Gasteiger partial charge on any atom is -0.339 e. The first-order valence-electron chi connectivity index (χ1n) is 9.46. The highest BCUT2D eigenvalue weighted by atomic mass is 32.2. The number of rotatable bonds is 8. The monoisotopic (exact) mass is 405 g/mol. The second-order valence-corrected chi connectivity index (χ2v) is 7.99. The third-order valence-corrected chi connectivity index (χ3v) is 4.98. The van der Waals surface area contributed by atoms with Crippen LogP contribution in [0.3, 0.4) is 0 Å². The molecule has 148 valence electrons. The van der Waals surface area contributed by atoms with Gasteiger partial charge in [-0.05, 0) is 54.3 Å². The lowest BCUT2D eigenvalue weighted by atomic mass is 10.2. The van der Waals surface area contributed by atoms with Crippen molar-refractivity contribution in [3.05, 3.63) is 60.9 Å². The maximum absolute atomic E-state index is 4.58. The Morgan fingerprint density at radius 3 is 2.86 bits per heavy atom. The molecule has 2 aromatic heterocycles. The Morgan fingerprint density at radius 1 is 1.07 bits per heavy atom. The predicted octanol–water partition coefficient (Wildman–Crippen LogP) is 5.09. The van der Waals surface area contributed by atoms with Gasteiger partial charge in [0.2, 0.25) is 5.95 Å². The number of anilines is 4. The quantitative estimate of drug-likeness (QED) is 0.303. The van der Waals surface area contributed by atoms with Crippen LogP contribution < -0.4 is 15.4 Å². The summed E-state index contributed by atoms with van der Waals surface area (Å²) in [4.78, 5) is 10.1. The Bertz CT molecular complexity index is 1090. The molecule has 2 heterocycles. The number of hydrogen-bond donors (Lipinski definition) is 4. The van der Waals surface area contributed by atoms with Gasteiger partial charge in [-0.15, -0.1) is 0 Å². The lowest BCUT2D eigenvalue weighted by molar-refractivity contribution is 0.640. The molecule has 2 aromatic carbocycles. The molecule has 0 aliphatic carbocycles. The summed E-state index contributed by atoms with van der Waals surface area (Å²) in [6.07, 6.45) is 3.53. The van der Waals surface area contributed by atoms with Crippen molar-refractivity contribution in [2.45, 2.75) is 18.7 Å². The van der Waals surface area contributed by atoms with Crippen LogP contribution in [0, 0.1) is 5.92 Å². The van der Waals surface area contributed by atoms with E-state index in [1.807, 2.05) is 36.4 Å². The molecule has 4 N–H and O–H groups in total. The van der Waals surface area contributed by atoms with E-state index in [1.54, 1.807) is 24.3 Å². The first-order chi connectivity index (χ1) is 14.2. The Morgan fingerprint density at radius 2 is 1.97 bits per heavy atom. The molecule has 0 amide bonds. The summed E-state index contributed by atoms with van der Waals surface area (Å²) < 4.78 is 3.38. The molecule has 0 atom stereocenters. The average Bonchev–Trinajstić information content (AvgIpc) is 3.18. The van der Waals surface area contributed by atoms with Crippen molar-refractivity contribution in [1.82, 2.24) is 24.9 Å². The standard InChI is InChI=1S/C21H23N7S/c1-14(2)12-24-29-16-6-3-5-15(11-16)25-21-22-10-9-20(27-21)26-18-7-4-8-19-17(18)13-23-28-19/h3-11,13-14,24H,12H2,1-2H3,(H,23,28)(H2,22,25,26,27). The Balaban J connectivity index is 1.46. The number of benzene rings is 2. The van der Waals surface area contributed by atoms with E-state index >= 15 is 0 Å². The Labute approximate surface area is 173 Å². The van der Waals surface area contributed by atoms with Gasteiger partial charge in [-0.2, -0.15) is 10.1 Å². The summed E-state index contributed by atoms with van der Waals surface area (Å²) in [5.74, 6) is 1.85. The summed E-state index contributed by atoms with van der Waals surface area (Å²) in [5, 5.41) is 14.7. The normalized spacial score (nSPS) is 11.1. The summed E-state index contributed by atoms with van der Waals surface area (Å²) in [6.45, 7) is 5.34. The average molecular weight is 406 g/mol. The first kappa shape index (κ1) is 19.2. The summed E-state index contributed by atoms with van der Waals surface area (Å²) in [5.41, 5.74) is 2.86. The number of nitrogens with one attached hydrogen (secondary N) is 4. The summed E-state index contributed by atoms with van der Waals surface area (Å²) in [6, 6.07) is 16.0. The SMILES string of the molecule is CC(C)CNSc1cccc(Nc2nccc(Nc3cccc4[nH]ncc34)n2)c1. The molecular formula is C21H23N7S. The molecule has 0 aliphatic heterocycles. The maximum Gasteiger partial charge on any atom is 0.229 e. The first-order valence-corrected chi connectivity index (χ1v) is 10.3. The summed E-state index contributed by atoms with van der Waals surface area (Å²) in [7, 11) is 0. The van der Waals surface area contributed by atoms with E-state index in [9.17, 15) is 0 Å². The summed E-state index contributed by atoms with van der Waals surface area (Å²) >= 11 is 1.63. The van der Waals surface area contributed by atoms with E-state index in [2.05, 4.69) is 61.5 Å². The van der Waals surface area contributed by atoms with Crippen LogP contribution in [-0.2, 0) is 0 Å². The fourth-order valence-electron chi connectivity index (χ4n) is 2.76. The van der Waals surface area contributed by atoms with Gasteiger partial charge in [0, 0.05) is 28.7 Å². The third kappa shape index (κ3) is 5.04. The Kier molecular flexibility index (Phi) is 5.92. The van der Waals surface area contributed by atoms with Crippen LogP contribution in [0.4, 0.5) is 23.1 Å². The van der Waals surface area contributed by atoms with Gasteiger partial charge in [0.25, 0.3) is 0 Å². The molecule has 0 aliphatic rings. The lowest BCUT2D eigenvalue weighted by Crippen LogP contribution is -2.11. The molecule has 0 saturated carbocycles. The zero-order chi connectivity index (χ0) is 20.1. The Hall–Kier alpha value is -3.10. The number of nitrogens with zero attached hydrogens (tertiary/aromatic N) is 3. The molecule has 0 spiro atoms. The minimum atomic E-state index is 0.534. The fourth-order valence-corrected chi connectivity index (χ4v) is 3.68. The molecule has 7 nitrogen and oxygen atoms in total. The van der Waals surface area contributed by atoms with E-state index in [0.717, 1.165) is 33.7 Å². The van der Waals surface area contributed by atoms with Gasteiger partial charge in [0.15, 0.2) is 0 Å². The molecule has 29 heavy (non-hydrogen) atoms. The molecule has 0 fully saturated rings. The van der Waals surface area contributed by atoms with Crippen LogP contribution in [0.1, 0.15) is 13.8 Å². The molecule has 4 rings (SSSR count). The van der Waals surface area contributed by atoms with Gasteiger partial charge in [-0.25, -0.2) is 4.98 Å². The number of hydrogen-bond acceptors (Lipinski definition) is 7. The van der Waals surface area contributed by atoms with Crippen LogP contribution in [-0.4, -0.2) is 26.7 Å². The lowest BCUT2D eigenvalue weighted by Gasteiger charge is -2.10. The predicted molar refractivity (Wildman–Crippen MR) is 120 cm³/mol. The van der Waals surface area contributed by atoms with Crippen molar-refractivity contribution < 1.29 is 0 Å². The molecule has 0 unspecified atom stereocenters. The molecule has 8 heteroatoms. The van der Waals surface area contributed by atoms with E-state index in [0.29, 0.717) is 17.7 Å². The minimum absolute atomic E-state index is 0.534. The molecule has 0 radical (unpaired) electrons. The van der Waals surface area contributed by atoms with Crippen LogP contribution in [0.15, 0.2) is 65.8 Å². The van der Waals surface area contributed by atoms with Crippen molar-refractivity contribution in [1.29, 1.82) is 0 Å². The number of aromatic amines is 1. The van der Waals surface area contributed by atoms with Crippen LogP contribution in [0.5, 0.6) is 0 Å². The van der Waals surface area contributed by atoms with Crippen molar-refractivity contribution in [2.75, 3.05) is 17.2 Å². The van der Waals surface area contributed by atoms with Crippen LogP contribution in [0.25, 0.3) is 10.9 Å². The zero-order valence-electron chi connectivity index (χ0n) is 16.3. The third-order valence-electron chi connectivity index (χ3n) is 4.17. The van der Waals surface area contributed by atoms with Crippen molar-refractivity contribution in [3.8, 4) is 0 Å². The molecule has 4 aromatic rings. The van der Waals surface area contributed by atoms with Crippen molar-refractivity contribution in [2.24, 2.45) is 5.92 Å². The fraction of sp³-hybridized carbons (Fsp3) is 0.190. The highest BCUT2D eigenvalue weighted by Gasteiger charge is 2.06. The van der Waals surface area contributed by atoms with E-state index in [1.165, 1.54) is 0 Å². The highest BCUT2D eigenvalue weighted by Crippen LogP contribution is 2.25. The highest BCUT2D eigenvalue weighted by molar-refractivity contribution is 7.97. The number of H-pyrrole nitrogens is 1. The van der Waals surface area contributed by atoms with Crippen molar-refractivity contribution in [3.63, 3.8) is 0 Å². The van der Waals surface area contributed by atoms with E-state index in [4.69, 9.17) is 0 Å². The van der Waals surface area contributed by atoms with Gasteiger partial charge >= 0.3 is 0 Å². The van der Waals surface area contributed by atoms with Gasteiger partial charge in [0.05, 0.1) is 17.4 Å². The van der Waals surface area contributed by atoms with Gasteiger partial charge in [0.1, 0.15) is 5.82 Å². The van der Waals surface area contributed by atoms with Gasteiger partial charge < -0.3 is 10.6 Å². The molecule has 0 saturated heterocycles. The van der Waals surface area contributed by atoms with Gasteiger partial charge in [-0.1, -0.05) is 26.0 Å². The van der Waals surface area contributed by atoms with Crippen LogP contribution >= 0.6 is 11.9 Å². The van der Waals surface area contributed by atoms with E-state index < -0.39 is 0 Å². The second-order valence-electron chi connectivity index (χ2n) is 7.02. The number of fused-ring (bicyclic) bond motifs is 1. The largest absolute Gasteiger partial charge is 0.339 e. The molecule has 0 bridgehead atoms. The molecular weight excluding hydrogens is 382 g/mol. The topological polar surface area (TPSA) is 90.6 Å². The van der Waals surface area contributed by atoms with Crippen LogP contribution in [0.2, 0.25) is 0 Å². The smallest absolute Gasteiger partial charge is 0.229 e. The maximum atomic E-state index is 4.58. The van der Waals surface area contributed by atoms with E-state index in [-0.39, 0.29) is 0 Å². The van der Waals surface area contributed by atoms with Gasteiger partial charge in [-0.3, -0.25) is 9.82 Å². The zero-order valence-corrected chi connectivity index (χ0v) is 17.1. The van der Waals surface area contributed by atoms with Crippen molar-refractivity contribution >= 4 is 46.0 Å². The second kappa shape index (κ2) is 8.93.